The monoisotopic (exact) mass is 393 g/mol. The van der Waals surface area contributed by atoms with Crippen LogP contribution in [0.4, 0.5) is 0 Å². The summed E-state index contributed by atoms with van der Waals surface area (Å²) >= 11 is 0. The number of carbonyl (C=O) groups is 1. The van der Waals surface area contributed by atoms with Crippen molar-refractivity contribution < 1.29 is 13.2 Å². The topological polar surface area (TPSA) is 69.7 Å². The predicted octanol–water partition coefficient (Wildman–Crippen LogP) is 2.00. The molecule has 27 heavy (non-hydrogen) atoms. The lowest BCUT2D eigenvalue weighted by Gasteiger charge is -2.34. The van der Waals surface area contributed by atoms with Crippen molar-refractivity contribution in [2.75, 3.05) is 32.7 Å². The minimum Gasteiger partial charge on any atom is -0.352 e. The third-order valence-electron chi connectivity index (χ3n) is 5.82. The van der Waals surface area contributed by atoms with E-state index >= 15 is 0 Å². The first-order chi connectivity index (χ1) is 12.9. The summed E-state index contributed by atoms with van der Waals surface area (Å²) in [7, 11) is -3.45. The number of amides is 1. The average molecular weight is 394 g/mol. The van der Waals surface area contributed by atoms with E-state index in [1.165, 1.54) is 23.6 Å². The van der Waals surface area contributed by atoms with Gasteiger partial charge in [0.1, 0.15) is 0 Å². The van der Waals surface area contributed by atoms with Gasteiger partial charge in [-0.25, -0.2) is 8.42 Å². The third kappa shape index (κ3) is 5.09. The molecule has 150 valence electrons. The lowest BCUT2D eigenvalue weighted by Crippen LogP contribution is -2.52. The quantitative estimate of drug-likeness (QED) is 0.831. The normalized spacial score (nSPS) is 25.3. The minimum absolute atomic E-state index is 0.0589. The summed E-state index contributed by atoms with van der Waals surface area (Å²) in [6.45, 7) is 6.50. The van der Waals surface area contributed by atoms with Gasteiger partial charge in [0.2, 0.25) is 15.9 Å². The zero-order chi connectivity index (χ0) is 19.4. The van der Waals surface area contributed by atoms with Gasteiger partial charge in [-0.05, 0) is 37.8 Å². The van der Waals surface area contributed by atoms with Gasteiger partial charge in [-0.15, -0.1) is 0 Å². The van der Waals surface area contributed by atoms with E-state index in [1.807, 2.05) is 24.0 Å². The Morgan fingerprint density at radius 1 is 1.07 bits per heavy atom. The Hall–Kier alpha value is -1.44. The van der Waals surface area contributed by atoms with E-state index in [0.29, 0.717) is 43.5 Å². The van der Waals surface area contributed by atoms with Gasteiger partial charge in [0.15, 0.2) is 0 Å². The Morgan fingerprint density at radius 2 is 1.70 bits per heavy atom. The largest absolute Gasteiger partial charge is 0.352 e. The second-order valence-electron chi connectivity index (χ2n) is 7.93. The Balaban J connectivity index is 1.49. The number of nitrogens with zero attached hydrogens (tertiary/aromatic N) is 2. The molecule has 0 spiro atoms. The average Bonchev–Trinajstić information content (AvgIpc) is 2.64. The number of carbonyl (C=O) groups excluding carboxylic acids is 1. The van der Waals surface area contributed by atoms with E-state index in [9.17, 15) is 13.2 Å². The molecule has 1 aliphatic heterocycles. The molecule has 1 aromatic rings. The molecule has 3 rings (SSSR count). The second-order valence-corrected chi connectivity index (χ2v) is 9.87. The fourth-order valence-corrected chi connectivity index (χ4v) is 5.40. The van der Waals surface area contributed by atoms with Gasteiger partial charge < -0.3 is 5.32 Å². The molecule has 1 aliphatic carbocycles. The molecule has 0 radical (unpaired) electrons. The zero-order valence-electron chi connectivity index (χ0n) is 16.4. The summed E-state index contributed by atoms with van der Waals surface area (Å²) in [5, 5.41) is 3.18. The molecule has 0 bridgehead atoms. The molecule has 0 aromatic heterocycles. The summed E-state index contributed by atoms with van der Waals surface area (Å²) < 4.78 is 27.0. The van der Waals surface area contributed by atoms with Crippen LogP contribution in [-0.4, -0.2) is 62.3 Å². The Bertz CT molecular complexity index is 740. The molecule has 1 saturated carbocycles. The number of benzene rings is 1. The van der Waals surface area contributed by atoms with Crippen LogP contribution in [0.25, 0.3) is 0 Å². The van der Waals surface area contributed by atoms with E-state index in [-0.39, 0.29) is 11.9 Å². The summed E-state index contributed by atoms with van der Waals surface area (Å²) in [5.41, 5.74) is 1.04. The third-order valence-corrected chi connectivity index (χ3v) is 7.73. The molecule has 0 unspecified atom stereocenters. The zero-order valence-corrected chi connectivity index (χ0v) is 17.2. The highest BCUT2D eigenvalue weighted by Crippen LogP contribution is 2.23. The van der Waals surface area contributed by atoms with Crippen LogP contribution in [0.2, 0.25) is 0 Å². The van der Waals surface area contributed by atoms with Crippen LogP contribution in [-0.2, 0) is 14.8 Å². The first-order valence-electron chi connectivity index (χ1n) is 9.95. The van der Waals surface area contributed by atoms with Crippen LogP contribution in [0.5, 0.6) is 0 Å². The molecule has 1 saturated heterocycles. The minimum atomic E-state index is -3.45. The van der Waals surface area contributed by atoms with Crippen molar-refractivity contribution in [3.05, 3.63) is 29.8 Å². The first-order valence-corrected chi connectivity index (χ1v) is 11.4. The van der Waals surface area contributed by atoms with Crippen LogP contribution in [0.3, 0.4) is 0 Å². The standard InChI is InChI=1S/C20H31N3O3S/c1-16-7-9-18(10-8-16)27(25,26)23-13-11-22(12-14-23)15-20(24)21-19-6-4-3-5-17(19)2/h7-10,17,19H,3-6,11-15H2,1-2H3,(H,21,24)/t17-,19+/m1/s1. The molecule has 1 amide bonds. The van der Waals surface area contributed by atoms with Gasteiger partial charge in [0.05, 0.1) is 11.4 Å². The van der Waals surface area contributed by atoms with E-state index in [1.54, 1.807) is 12.1 Å². The summed E-state index contributed by atoms with van der Waals surface area (Å²) in [4.78, 5) is 14.8. The highest BCUT2D eigenvalue weighted by Gasteiger charge is 2.29. The maximum absolute atomic E-state index is 12.8. The number of nitrogens with one attached hydrogen (secondary N) is 1. The number of hydrogen-bond acceptors (Lipinski definition) is 4. The summed E-state index contributed by atoms with van der Waals surface area (Å²) in [5.74, 6) is 0.600. The fourth-order valence-electron chi connectivity index (χ4n) is 3.97. The van der Waals surface area contributed by atoms with Crippen molar-refractivity contribution in [1.82, 2.24) is 14.5 Å². The van der Waals surface area contributed by atoms with Crippen molar-refractivity contribution in [3.63, 3.8) is 0 Å². The summed E-state index contributed by atoms with van der Waals surface area (Å²) in [6.07, 6.45) is 4.69. The van der Waals surface area contributed by atoms with Crippen molar-refractivity contribution in [1.29, 1.82) is 0 Å². The van der Waals surface area contributed by atoms with Crippen molar-refractivity contribution >= 4 is 15.9 Å². The smallest absolute Gasteiger partial charge is 0.243 e. The lowest BCUT2D eigenvalue weighted by atomic mass is 9.86. The summed E-state index contributed by atoms with van der Waals surface area (Å²) in [6, 6.07) is 7.25. The van der Waals surface area contributed by atoms with E-state index in [0.717, 1.165) is 12.0 Å². The van der Waals surface area contributed by atoms with Crippen molar-refractivity contribution in [2.45, 2.75) is 50.5 Å². The molecule has 1 aromatic carbocycles. The molecule has 1 heterocycles. The fraction of sp³-hybridized carbons (Fsp3) is 0.650. The molecule has 7 heteroatoms. The molecule has 2 fully saturated rings. The number of hydrogen-bond donors (Lipinski definition) is 1. The number of sulfonamides is 1. The molecule has 2 atom stereocenters. The first kappa shape index (κ1) is 20.3. The van der Waals surface area contributed by atoms with Crippen LogP contribution in [0.15, 0.2) is 29.2 Å². The maximum Gasteiger partial charge on any atom is 0.243 e. The SMILES string of the molecule is Cc1ccc(S(=O)(=O)N2CCN(CC(=O)N[C@H]3CCCC[C@H]3C)CC2)cc1. The van der Waals surface area contributed by atoms with Crippen LogP contribution in [0, 0.1) is 12.8 Å². The van der Waals surface area contributed by atoms with E-state index in [2.05, 4.69) is 12.2 Å². The molecule has 1 N–H and O–H groups in total. The number of aryl methyl sites for hydroxylation is 1. The molecular weight excluding hydrogens is 362 g/mol. The van der Waals surface area contributed by atoms with E-state index < -0.39 is 10.0 Å². The predicted molar refractivity (Wildman–Crippen MR) is 106 cm³/mol. The van der Waals surface area contributed by atoms with Gasteiger partial charge in [0, 0.05) is 32.2 Å². The van der Waals surface area contributed by atoms with Gasteiger partial charge >= 0.3 is 0 Å². The Kier molecular flexibility index (Phi) is 6.55. The van der Waals surface area contributed by atoms with Crippen LogP contribution >= 0.6 is 0 Å². The van der Waals surface area contributed by atoms with Crippen LogP contribution < -0.4 is 5.32 Å². The van der Waals surface area contributed by atoms with Crippen molar-refractivity contribution in [3.8, 4) is 0 Å². The highest BCUT2D eigenvalue weighted by molar-refractivity contribution is 7.89. The molecule has 2 aliphatic rings. The Labute approximate surface area is 163 Å². The Morgan fingerprint density at radius 3 is 2.33 bits per heavy atom. The van der Waals surface area contributed by atoms with Crippen LogP contribution in [0.1, 0.15) is 38.2 Å². The lowest BCUT2D eigenvalue weighted by molar-refractivity contribution is -0.123. The van der Waals surface area contributed by atoms with Gasteiger partial charge in [0.25, 0.3) is 0 Å². The molecule has 6 nitrogen and oxygen atoms in total. The van der Waals surface area contributed by atoms with Gasteiger partial charge in [-0.2, -0.15) is 4.31 Å². The van der Waals surface area contributed by atoms with E-state index in [4.69, 9.17) is 0 Å². The highest BCUT2D eigenvalue weighted by atomic mass is 32.2. The second kappa shape index (κ2) is 8.71. The van der Waals surface area contributed by atoms with Gasteiger partial charge in [-0.1, -0.05) is 37.5 Å². The molecular formula is C20H31N3O3S. The maximum atomic E-state index is 12.8. The van der Waals surface area contributed by atoms with Crippen molar-refractivity contribution in [2.24, 2.45) is 5.92 Å². The number of piperazine rings is 1. The van der Waals surface area contributed by atoms with Gasteiger partial charge in [-0.3, -0.25) is 9.69 Å². The number of rotatable bonds is 5.